The van der Waals surface area contributed by atoms with Crippen LogP contribution in [0.1, 0.15) is 23.9 Å². The lowest BCUT2D eigenvalue weighted by atomic mass is 10.2. The maximum Gasteiger partial charge on any atom is 0.238 e. The third-order valence-corrected chi connectivity index (χ3v) is 6.49. The molecule has 0 radical (unpaired) electrons. The Morgan fingerprint density at radius 2 is 2.08 bits per heavy atom. The summed E-state index contributed by atoms with van der Waals surface area (Å²) in [6, 6.07) is 13.5. The minimum Gasteiger partial charge on any atom is -0.324 e. The van der Waals surface area contributed by atoms with Gasteiger partial charge < -0.3 is 5.32 Å². The summed E-state index contributed by atoms with van der Waals surface area (Å²) >= 11 is 13.9. The number of benzene rings is 2. The van der Waals surface area contributed by atoms with Crippen LogP contribution in [0.15, 0.2) is 42.5 Å². The van der Waals surface area contributed by atoms with Crippen LogP contribution >= 0.6 is 34.5 Å². The summed E-state index contributed by atoms with van der Waals surface area (Å²) in [6.07, 6.45) is 2.08. The Kier molecular flexibility index (Phi) is 5.14. The first-order valence-corrected chi connectivity index (χ1v) is 10.0. The van der Waals surface area contributed by atoms with Gasteiger partial charge >= 0.3 is 0 Å². The highest BCUT2D eigenvalue weighted by Gasteiger charge is 2.30. The van der Waals surface area contributed by atoms with E-state index >= 15 is 0 Å². The second-order valence-corrected chi connectivity index (χ2v) is 8.15. The van der Waals surface area contributed by atoms with Gasteiger partial charge in [-0.15, -0.1) is 11.3 Å². The average molecular weight is 406 g/mol. The van der Waals surface area contributed by atoms with Gasteiger partial charge in [-0.25, -0.2) is 4.98 Å². The highest BCUT2D eigenvalue weighted by Crippen LogP contribution is 2.36. The van der Waals surface area contributed by atoms with Crippen LogP contribution < -0.4 is 5.32 Å². The first-order chi connectivity index (χ1) is 12.6. The van der Waals surface area contributed by atoms with E-state index in [-0.39, 0.29) is 11.9 Å². The van der Waals surface area contributed by atoms with Crippen molar-refractivity contribution in [3.05, 3.63) is 57.5 Å². The van der Waals surface area contributed by atoms with Crippen molar-refractivity contribution in [2.75, 3.05) is 18.4 Å². The number of carbonyl (C=O) groups is 1. The fourth-order valence-electron chi connectivity index (χ4n) is 3.30. The molecule has 1 aliphatic heterocycles. The van der Waals surface area contributed by atoms with Crippen molar-refractivity contribution in [1.82, 2.24) is 9.88 Å². The number of halogens is 2. The summed E-state index contributed by atoms with van der Waals surface area (Å²) < 4.78 is 1.18. The molecule has 2 heterocycles. The van der Waals surface area contributed by atoms with Crippen LogP contribution in [-0.2, 0) is 4.79 Å². The van der Waals surface area contributed by atoms with Gasteiger partial charge in [0.1, 0.15) is 5.01 Å². The third-order valence-electron chi connectivity index (χ3n) is 4.53. The lowest BCUT2D eigenvalue weighted by molar-refractivity contribution is -0.117. The van der Waals surface area contributed by atoms with E-state index in [9.17, 15) is 4.79 Å². The molecule has 0 unspecified atom stereocenters. The number of nitrogens with one attached hydrogen (secondary N) is 1. The smallest absolute Gasteiger partial charge is 0.238 e. The van der Waals surface area contributed by atoms with Gasteiger partial charge in [0.2, 0.25) is 5.91 Å². The van der Waals surface area contributed by atoms with E-state index in [1.165, 1.54) is 4.70 Å². The molecular formula is C19H17Cl2N3OS. The summed E-state index contributed by atoms with van der Waals surface area (Å²) in [5, 5.41) is 4.74. The normalized spacial score (nSPS) is 17.7. The van der Waals surface area contributed by atoms with Crippen LogP contribution in [0.4, 0.5) is 5.69 Å². The SMILES string of the molecule is O=C(CN1CCC[C@H]1c1nc2ccccc2s1)Nc1cccc(Cl)c1Cl. The van der Waals surface area contributed by atoms with Crippen LogP contribution in [0.3, 0.4) is 0 Å². The monoisotopic (exact) mass is 405 g/mol. The first kappa shape index (κ1) is 17.7. The van der Waals surface area contributed by atoms with Gasteiger partial charge in [0.25, 0.3) is 0 Å². The summed E-state index contributed by atoms with van der Waals surface area (Å²) in [5.41, 5.74) is 1.56. The van der Waals surface area contributed by atoms with Gasteiger partial charge in [0.15, 0.2) is 0 Å². The number of likely N-dealkylation sites (tertiary alicyclic amines) is 1. The van der Waals surface area contributed by atoms with Gasteiger partial charge in [0.05, 0.1) is 38.5 Å². The van der Waals surface area contributed by atoms with Crippen molar-refractivity contribution in [2.45, 2.75) is 18.9 Å². The highest BCUT2D eigenvalue weighted by molar-refractivity contribution is 7.18. The van der Waals surface area contributed by atoms with Crippen molar-refractivity contribution in [3.63, 3.8) is 0 Å². The minimum absolute atomic E-state index is 0.0952. The quantitative estimate of drug-likeness (QED) is 0.633. The minimum atomic E-state index is -0.0952. The van der Waals surface area contributed by atoms with Crippen molar-refractivity contribution in [1.29, 1.82) is 0 Å². The summed E-state index contributed by atoms with van der Waals surface area (Å²) in [7, 11) is 0. The summed E-state index contributed by atoms with van der Waals surface area (Å²) in [5.74, 6) is -0.0952. The highest BCUT2D eigenvalue weighted by atomic mass is 35.5. The third kappa shape index (κ3) is 3.58. The maximum atomic E-state index is 12.5. The second-order valence-electron chi connectivity index (χ2n) is 6.30. The molecule has 7 heteroatoms. The lowest BCUT2D eigenvalue weighted by Gasteiger charge is -2.22. The molecule has 26 heavy (non-hydrogen) atoms. The van der Waals surface area contributed by atoms with Crippen molar-refractivity contribution in [2.24, 2.45) is 0 Å². The van der Waals surface area contributed by atoms with Crippen molar-refractivity contribution >= 4 is 56.3 Å². The van der Waals surface area contributed by atoms with Crippen LogP contribution in [0.2, 0.25) is 10.0 Å². The molecule has 4 nitrogen and oxygen atoms in total. The van der Waals surface area contributed by atoms with Crippen molar-refractivity contribution < 1.29 is 4.79 Å². The fourth-order valence-corrected chi connectivity index (χ4v) is 4.79. The van der Waals surface area contributed by atoms with Crippen LogP contribution in [0, 0.1) is 0 Å². The topological polar surface area (TPSA) is 45.2 Å². The Hall–Kier alpha value is -1.66. The predicted molar refractivity (Wildman–Crippen MR) is 108 cm³/mol. The number of hydrogen-bond acceptors (Lipinski definition) is 4. The Morgan fingerprint density at radius 3 is 2.92 bits per heavy atom. The molecule has 1 aromatic heterocycles. The number of rotatable bonds is 4. The molecule has 1 fully saturated rings. The number of para-hydroxylation sites is 1. The number of carbonyl (C=O) groups excluding carboxylic acids is 1. The molecule has 1 saturated heterocycles. The lowest BCUT2D eigenvalue weighted by Crippen LogP contribution is -2.33. The predicted octanol–water partition coefficient (Wildman–Crippen LogP) is 5.38. The van der Waals surface area contributed by atoms with Gasteiger partial charge in [-0.3, -0.25) is 9.69 Å². The zero-order valence-electron chi connectivity index (χ0n) is 13.9. The summed E-state index contributed by atoms with van der Waals surface area (Å²) in [6.45, 7) is 1.20. The Morgan fingerprint density at radius 1 is 1.23 bits per heavy atom. The molecule has 0 saturated carbocycles. The fraction of sp³-hybridized carbons (Fsp3) is 0.263. The number of nitrogens with zero attached hydrogens (tertiary/aromatic N) is 2. The molecule has 4 rings (SSSR count). The molecule has 3 aromatic rings. The molecule has 0 bridgehead atoms. The van der Waals surface area contributed by atoms with Crippen molar-refractivity contribution in [3.8, 4) is 0 Å². The van der Waals surface area contributed by atoms with E-state index in [1.807, 2.05) is 18.2 Å². The standard InChI is InChI=1S/C19H17Cl2N3OS/c20-12-5-3-7-14(18(12)21)22-17(25)11-24-10-4-8-15(24)19-23-13-6-1-2-9-16(13)26-19/h1-3,5-7,9,15H,4,8,10-11H2,(H,22,25)/t15-/m0/s1. The van der Waals surface area contributed by atoms with E-state index in [0.717, 1.165) is 29.9 Å². The van der Waals surface area contributed by atoms with Gasteiger partial charge in [-0.05, 0) is 43.7 Å². The molecule has 1 atom stereocenters. The Labute approximate surface area is 165 Å². The molecular weight excluding hydrogens is 389 g/mol. The zero-order chi connectivity index (χ0) is 18.1. The van der Waals surface area contributed by atoms with E-state index in [0.29, 0.717) is 22.3 Å². The number of anilines is 1. The molecule has 1 N–H and O–H groups in total. The zero-order valence-corrected chi connectivity index (χ0v) is 16.2. The number of hydrogen-bond donors (Lipinski definition) is 1. The van der Waals surface area contributed by atoms with E-state index in [2.05, 4.69) is 16.3 Å². The molecule has 134 valence electrons. The maximum absolute atomic E-state index is 12.5. The van der Waals surface area contributed by atoms with E-state index in [1.54, 1.807) is 29.5 Å². The van der Waals surface area contributed by atoms with Crippen LogP contribution in [0.25, 0.3) is 10.2 Å². The first-order valence-electron chi connectivity index (χ1n) is 8.45. The average Bonchev–Trinajstić information content (AvgIpc) is 3.25. The largest absolute Gasteiger partial charge is 0.324 e. The van der Waals surface area contributed by atoms with Gasteiger partial charge in [-0.2, -0.15) is 0 Å². The number of fused-ring (bicyclic) bond motifs is 1. The van der Waals surface area contributed by atoms with Crippen LogP contribution in [0.5, 0.6) is 0 Å². The van der Waals surface area contributed by atoms with Gasteiger partial charge in [0, 0.05) is 0 Å². The second kappa shape index (κ2) is 7.53. The molecule has 1 amide bonds. The van der Waals surface area contributed by atoms with Gasteiger partial charge in [-0.1, -0.05) is 41.4 Å². The summed E-state index contributed by atoms with van der Waals surface area (Å²) in [4.78, 5) is 19.5. The Balaban J connectivity index is 1.48. The van der Waals surface area contributed by atoms with Crippen LogP contribution in [-0.4, -0.2) is 28.9 Å². The molecule has 0 aliphatic carbocycles. The number of thiazole rings is 1. The van der Waals surface area contributed by atoms with E-state index in [4.69, 9.17) is 28.2 Å². The van der Waals surface area contributed by atoms with E-state index < -0.39 is 0 Å². The Bertz CT molecular complexity index is 926. The molecule has 0 spiro atoms. The number of amides is 1. The number of aromatic nitrogens is 1. The molecule has 2 aromatic carbocycles. The molecule has 1 aliphatic rings.